The predicted octanol–water partition coefficient (Wildman–Crippen LogP) is 2.63. The molecule has 0 saturated carbocycles. The number of carbonyl (C=O) groups is 1. The quantitative estimate of drug-likeness (QED) is 0.609. The first-order chi connectivity index (χ1) is 14.4. The summed E-state index contributed by atoms with van der Waals surface area (Å²) in [6.07, 6.45) is 2.25. The summed E-state index contributed by atoms with van der Waals surface area (Å²) in [5.74, 6) is -0.461. The first-order valence-corrected chi connectivity index (χ1v) is 13.5. The summed E-state index contributed by atoms with van der Waals surface area (Å²) in [7, 11) is -4.14. The maximum absolute atomic E-state index is 14.0. The molecule has 1 atom stereocenters. The lowest BCUT2D eigenvalue weighted by Crippen LogP contribution is -2.54. The number of sulfonamides is 1. The summed E-state index contributed by atoms with van der Waals surface area (Å²) in [6, 6.07) is 8.40. The number of nitrogens with zero attached hydrogens (tertiary/aromatic N) is 2. The lowest BCUT2D eigenvalue weighted by atomic mass is 10.2. The molecule has 1 aliphatic rings. The third-order valence-corrected chi connectivity index (χ3v) is 7.99. The molecule has 1 N–H and O–H groups in total. The topological polar surface area (TPSA) is 69.7 Å². The van der Waals surface area contributed by atoms with Gasteiger partial charge in [0.1, 0.15) is 16.8 Å². The Bertz CT molecular complexity index is 930. The van der Waals surface area contributed by atoms with E-state index in [-0.39, 0.29) is 5.91 Å². The molecule has 10 heteroatoms. The Hall–Kier alpha value is -1.46. The molecule has 6 nitrogen and oxygen atoms in total. The molecule has 1 aromatic carbocycles. The summed E-state index contributed by atoms with van der Waals surface area (Å²) < 4.78 is 41.9. The van der Waals surface area contributed by atoms with Crippen molar-refractivity contribution < 1.29 is 17.6 Å². The van der Waals surface area contributed by atoms with Gasteiger partial charge in [-0.25, -0.2) is 12.8 Å². The molecule has 1 amide bonds. The van der Waals surface area contributed by atoms with E-state index in [9.17, 15) is 17.6 Å². The third-order valence-electron chi connectivity index (χ3n) is 4.98. The van der Waals surface area contributed by atoms with Crippen LogP contribution in [0, 0.1) is 5.82 Å². The van der Waals surface area contributed by atoms with Gasteiger partial charge < -0.3 is 4.90 Å². The van der Waals surface area contributed by atoms with Crippen molar-refractivity contribution in [3.63, 3.8) is 0 Å². The zero-order chi connectivity index (χ0) is 21.6. The lowest BCUT2D eigenvalue weighted by molar-refractivity contribution is -0.134. The summed E-state index contributed by atoms with van der Waals surface area (Å²) in [6.45, 7) is 3.41. The number of amides is 1. The van der Waals surface area contributed by atoms with Gasteiger partial charge in [-0.1, -0.05) is 18.2 Å². The van der Waals surface area contributed by atoms with E-state index in [4.69, 9.17) is 0 Å². The first-order valence-electron chi connectivity index (χ1n) is 9.70. The Morgan fingerprint density at radius 3 is 2.57 bits per heavy atom. The zero-order valence-electron chi connectivity index (χ0n) is 16.8. The van der Waals surface area contributed by atoms with Crippen LogP contribution in [-0.4, -0.2) is 68.4 Å². The van der Waals surface area contributed by atoms with Crippen LogP contribution in [0.2, 0.25) is 0 Å². The Labute approximate surface area is 185 Å². The minimum atomic E-state index is -4.14. The van der Waals surface area contributed by atoms with Crippen molar-refractivity contribution in [1.29, 1.82) is 0 Å². The molecule has 30 heavy (non-hydrogen) atoms. The highest BCUT2D eigenvalue weighted by Crippen LogP contribution is 2.17. The Kier molecular flexibility index (Phi) is 8.29. The monoisotopic (exact) mass is 471 g/mol. The molecule has 3 rings (SSSR count). The van der Waals surface area contributed by atoms with Crippen molar-refractivity contribution in [3.8, 4) is 0 Å². The SMILES string of the molecule is CSCCC(NS(=O)(=O)c1ccccc1F)C(=O)N1CCN(Cc2cccs2)CC1. The number of thiophene rings is 1. The third kappa shape index (κ3) is 6.04. The van der Waals surface area contributed by atoms with Gasteiger partial charge in [0.15, 0.2) is 0 Å². The number of hydrogen-bond donors (Lipinski definition) is 1. The number of rotatable bonds is 9. The standard InChI is InChI=1S/C20H26FN3O3S3/c1-28-14-8-18(22-30(26,27)19-7-3-2-6-17(19)21)20(25)24-11-9-23(10-12-24)15-16-5-4-13-29-16/h2-7,13,18,22H,8-12,14-15H2,1H3. The average Bonchev–Trinajstić information content (AvgIpc) is 3.24. The van der Waals surface area contributed by atoms with Crippen molar-refractivity contribution >= 4 is 39.0 Å². The highest BCUT2D eigenvalue weighted by molar-refractivity contribution is 7.98. The number of halogens is 1. The summed E-state index contributed by atoms with van der Waals surface area (Å²) in [4.78, 5) is 17.9. The number of carbonyl (C=O) groups excluding carboxylic acids is 1. The molecule has 1 aliphatic heterocycles. The van der Waals surface area contributed by atoms with Gasteiger partial charge in [-0.3, -0.25) is 9.69 Å². The molecule has 0 bridgehead atoms. The molecular formula is C20H26FN3O3S3. The van der Waals surface area contributed by atoms with E-state index in [0.717, 1.165) is 25.7 Å². The van der Waals surface area contributed by atoms with Crippen molar-refractivity contribution in [2.24, 2.45) is 0 Å². The van der Waals surface area contributed by atoms with Gasteiger partial charge in [-0.2, -0.15) is 16.5 Å². The predicted molar refractivity (Wildman–Crippen MR) is 120 cm³/mol. The van der Waals surface area contributed by atoms with Gasteiger partial charge in [0.05, 0.1) is 0 Å². The van der Waals surface area contributed by atoms with Crippen LogP contribution in [0.1, 0.15) is 11.3 Å². The van der Waals surface area contributed by atoms with Gasteiger partial charge in [0.2, 0.25) is 15.9 Å². The fourth-order valence-electron chi connectivity index (χ4n) is 3.35. The molecule has 2 heterocycles. The van der Waals surface area contributed by atoms with Crippen molar-refractivity contribution in [2.45, 2.75) is 23.9 Å². The zero-order valence-corrected chi connectivity index (χ0v) is 19.2. The van der Waals surface area contributed by atoms with Crippen molar-refractivity contribution in [3.05, 3.63) is 52.5 Å². The molecule has 1 saturated heterocycles. The first kappa shape index (κ1) is 23.2. The molecule has 0 aliphatic carbocycles. The van der Waals surface area contributed by atoms with Crippen LogP contribution in [0.3, 0.4) is 0 Å². The van der Waals surface area contributed by atoms with Crippen molar-refractivity contribution in [1.82, 2.24) is 14.5 Å². The summed E-state index contributed by atoms with van der Waals surface area (Å²) in [5.41, 5.74) is 0. The van der Waals surface area contributed by atoms with Crippen LogP contribution in [0.5, 0.6) is 0 Å². The summed E-state index contributed by atoms with van der Waals surface area (Å²) >= 11 is 3.25. The van der Waals surface area contributed by atoms with E-state index in [0.29, 0.717) is 25.3 Å². The van der Waals surface area contributed by atoms with E-state index in [1.807, 2.05) is 17.7 Å². The van der Waals surface area contributed by atoms with Crippen LogP contribution in [0.25, 0.3) is 0 Å². The van der Waals surface area contributed by atoms with Crippen LogP contribution >= 0.6 is 23.1 Å². The van der Waals surface area contributed by atoms with Crippen molar-refractivity contribution in [2.75, 3.05) is 38.2 Å². The van der Waals surface area contributed by atoms with E-state index < -0.39 is 26.8 Å². The number of nitrogens with one attached hydrogen (secondary N) is 1. The second-order valence-electron chi connectivity index (χ2n) is 7.07. The highest BCUT2D eigenvalue weighted by Gasteiger charge is 2.31. The minimum Gasteiger partial charge on any atom is -0.339 e. The van der Waals surface area contributed by atoms with Crippen LogP contribution in [0.15, 0.2) is 46.7 Å². The summed E-state index contributed by atoms with van der Waals surface area (Å²) in [5, 5.41) is 2.05. The molecule has 0 radical (unpaired) electrons. The molecule has 1 fully saturated rings. The van der Waals surface area contributed by atoms with Gasteiger partial charge in [0, 0.05) is 37.6 Å². The van der Waals surface area contributed by atoms with E-state index in [1.54, 1.807) is 16.2 Å². The second kappa shape index (κ2) is 10.7. The largest absolute Gasteiger partial charge is 0.339 e. The van der Waals surface area contributed by atoms with Gasteiger partial charge in [-0.05, 0) is 42.0 Å². The van der Waals surface area contributed by atoms with Gasteiger partial charge in [0.25, 0.3) is 0 Å². The van der Waals surface area contributed by atoms with Gasteiger partial charge in [-0.15, -0.1) is 11.3 Å². The molecular weight excluding hydrogens is 445 g/mol. The minimum absolute atomic E-state index is 0.250. The van der Waals surface area contributed by atoms with Crippen LogP contribution < -0.4 is 4.72 Å². The molecule has 2 aromatic rings. The molecule has 1 aromatic heterocycles. The fourth-order valence-corrected chi connectivity index (χ4v) is 5.87. The lowest BCUT2D eigenvalue weighted by Gasteiger charge is -2.36. The Morgan fingerprint density at radius 1 is 1.20 bits per heavy atom. The average molecular weight is 472 g/mol. The number of piperazine rings is 1. The maximum Gasteiger partial charge on any atom is 0.244 e. The van der Waals surface area contributed by atoms with E-state index >= 15 is 0 Å². The van der Waals surface area contributed by atoms with E-state index in [1.165, 1.54) is 34.8 Å². The van der Waals surface area contributed by atoms with E-state index in [2.05, 4.69) is 15.7 Å². The Morgan fingerprint density at radius 2 is 1.93 bits per heavy atom. The fraction of sp³-hybridized carbons (Fsp3) is 0.450. The number of hydrogen-bond acceptors (Lipinski definition) is 6. The number of thioether (sulfide) groups is 1. The molecule has 1 unspecified atom stereocenters. The molecule has 0 spiro atoms. The molecule has 164 valence electrons. The highest BCUT2D eigenvalue weighted by atomic mass is 32.2. The maximum atomic E-state index is 14.0. The number of benzene rings is 1. The smallest absolute Gasteiger partial charge is 0.244 e. The van der Waals surface area contributed by atoms with Crippen LogP contribution in [-0.2, 0) is 21.4 Å². The van der Waals surface area contributed by atoms with Gasteiger partial charge >= 0.3 is 0 Å². The second-order valence-corrected chi connectivity index (χ2v) is 10.8. The Balaban J connectivity index is 1.65. The van der Waals surface area contributed by atoms with Crippen LogP contribution in [0.4, 0.5) is 4.39 Å². The normalized spacial score (nSPS) is 16.5.